The summed E-state index contributed by atoms with van der Waals surface area (Å²) in [6.07, 6.45) is 2.34. The van der Waals surface area contributed by atoms with Crippen molar-refractivity contribution in [1.29, 1.82) is 0 Å². The number of hydrogen-bond acceptors (Lipinski definition) is 2. The second-order valence-electron chi connectivity index (χ2n) is 3.02. The molecule has 2 nitrogen and oxygen atoms in total. The van der Waals surface area contributed by atoms with Gasteiger partial charge in [0.05, 0.1) is 6.61 Å². The van der Waals surface area contributed by atoms with Gasteiger partial charge in [0, 0.05) is 12.6 Å². The maximum atomic E-state index is 8.77. The third-order valence-corrected chi connectivity index (χ3v) is 2.11. The van der Waals surface area contributed by atoms with E-state index in [4.69, 9.17) is 5.11 Å². The molecule has 0 radical (unpaired) electrons. The Bertz CT molecular complexity index is 79.6. The molecule has 68 valence electrons. The summed E-state index contributed by atoms with van der Waals surface area (Å²) in [6.45, 7) is 8.78. The predicted octanol–water partition coefficient (Wildman–Crippen LogP) is 1.49. The van der Waals surface area contributed by atoms with Crippen LogP contribution in [0.15, 0.2) is 0 Å². The molecule has 0 aliphatic heterocycles. The normalized spacial score (nSPS) is 13.9. The molecule has 2 heteroatoms. The maximum Gasteiger partial charge on any atom is 0.0558 e. The first-order chi connectivity index (χ1) is 5.26. The van der Waals surface area contributed by atoms with Crippen molar-refractivity contribution >= 4 is 0 Å². The lowest BCUT2D eigenvalue weighted by Crippen LogP contribution is -2.35. The molecule has 11 heavy (non-hydrogen) atoms. The minimum Gasteiger partial charge on any atom is -0.395 e. The number of nitrogens with zero attached hydrogens (tertiary/aromatic N) is 1. The standard InChI is InChI=1S/C9H21NO/c1-4-6-10(7-8-11)9(3)5-2/h9,11H,4-8H2,1-3H3. The number of aliphatic hydroxyl groups is 1. The van der Waals surface area contributed by atoms with Crippen LogP contribution in [0.5, 0.6) is 0 Å². The van der Waals surface area contributed by atoms with Crippen molar-refractivity contribution in [3.8, 4) is 0 Å². The van der Waals surface area contributed by atoms with Gasteiger partial charge in [0.1, 0.15) is 0 Å². The molecule has 0 bridgehead atoms. The summed E-state index contributed by atoms with van der Waals surface area (Å²) < 4.78 is 0. The maximum absolute atomic E-state index is 8.77. The van der Waals surface area contributed by atoms with Crippen LogP contribution in [0.3, 0.4) is 0 Å². The molecule has 0 aromatic rings. The van der Waals surface area contributed by atoms with Crippen LogP contribution in [0.1, 0.15) is 33.6 Å². The lowest BCUT2D eigenvalue weighted by atomic mass is 10.2. The molecule has 1 unspecified atom stereocenters. The van der Waals surface area contributed by atoms with Gasteiger partial charge in [-0.3, -0.25) is 4.90 Å². The zero-order valence-electron chi connectivity index (χ0n) is 8.01. The summed E-state index contributed by atoms with van der Waals surface area (Å²) in [5.74, 6) is 0. The lowest BCUT2D eigenvalue weighted by molar-refractivity contribution is 0.155. The Hall–Kier alpha value is -0.0800. The molecule has 0 aliphatic carbocycles. The average molecular weight is 159 g/mol. The minimum absolute atomic E-state index is 0.282. The number of aliphatic hydroxyl groups excluding tert-OH is 1. The zero-order valence-corrected chi connectivity index (χ0v) is 8.01. The van der Waals surface area contributed by atoms with E-state index in [0.717, 1.165) is 13.1 Å². The van der Waals surface area contributed by atoms with Crippen LogP contribution in [-0.2, 0) is 0 Å². The first-order valence-corrected chi connectivity index (χ1v) is 4.61. The second kappa shape index (κ2) is 6.62. The van der Waals surface area contributed by atoms with Gasteiger partial charge in [-0.25, -0.2) is 0 Å². The van der Waals surface area contributed by atoms with Crippen molar-refractivity contribution in [2.24, 2.45) is 0 Å². The molecule has 0 aromatic carbocycles. The van der Waals surface area contributed by atoms with Crippen molar-refractivity contribution in [3.63, 3.8) is 0 Å². The predicted molar refractivity (Wildman–Crippen MR) is 48.7 cm³/mol. The Morgan fingerprint density at radius 2 is 1.91 bits per heavy atom. The molecule has 0 heterocycles. The monoisotopic (exact) mass is 159 g/mol. The summed E-state index contributed by atoms with van der Waals surface area (Å²) in [6, 6.07) is 0.613. The fraction of sp³-hybridized carbons (Fsp3) is 1.00. The van der Waals surface area contributed by atoms with Crippen LogP contribution >= 0.6 is 0 Å². The average Bonchev–Trinajstić information content (AvgIpc) is 2.03. The van der Waals surface area contributed by atoms with Crippen molar-refractivity contribution in [2.75, 3.05) is 19.7 Å². The lowest BCUT2D eigenvalue weighted by Gasteiger charge is -2.26. The molecule has 0 saturated heterocycles. The summed E-state index contributed by atoms with van der Waals surface area (Å²) in [5.41, 5.74) is 0. The van der Waals surface area contributed by atoms with Crippen LogP contribution < -0.4 is 0 Å². The van der Waals surface area contributed by atoms with Crippen LogP contribution in [0.2, 0.25) is 0 Å². The van der Waals surface area contributed by atoms with Gasteiger partial charge in [0.2, 0.25) is 0 Å². The molecule has 1 atom stereocenters. The molecule has 0 spiro atoms. The first-order valence-electron chi connectivity index (χ1n) is 4.61. The van der Waals surface area contributed by atoms with E-state index in [2.05, 4.69) is 25.7 Å². The van der Waals surface area contributed by atoms with E-state index in [1.807, 2.05) is 0 Å². The van der Waals surface area contributed by atoms with Gasteiger partial charge in [-0.2, -0.15) is 0 Å². The zero-order chi connectivity index (χ0) is 8.69. The molecule has 0 rings (SSSR count). The van der Waals surface area contributed by atoms with Crippen LogP contribution in [0.4, 0.5) is 0 Å². The molecule has 0 saturated carbocycles. The molecule has 0 aliphatic rings. The third-order valence-electron chi connectivity index (χ3n) is 2.11. The molecular weight excluding hydrogens is 138 g/mol. The molecule has 0 aromatic heterocycles. The fourth-order valence-corrected chi connectivity index (χ4v) is 1.23. The summed E-state index contributed by atoms with van der Waals surface area (Å²) in [5, 5.41) is 8.77. The highest BCUT2D eigenvalue weighted by Gasteiger charge is 2.08. The number of rotatable bonds is 6. The quantitative estimate of drug-likeness (QED) is 0.634. The third kappa shape index (κ3) is 4.38. The van der Waals surface area contributed by atoms with E-state index >= 15 is 0 Å². The Morgan fingerprint density at radius 1 is 1.27 bits per heavy atom. The van der Waals surface area contributed by atoms with Gasteiger partial charge in [-0.15, -0.1) is 0 Å². The molecule has 0 amide bonds. The smallest absolute Gasteiger partial charge is 0.0558 e. The van der Waals surface area contributed by atoms with E-state index in [0.29, 0.717) is 6.04 Å². The Labute approximate surface area is 70.2 Å². The van der Waals surface area contributed by atoms with Crippen molar-refractivity contribution in [2.45, 2.75) is 39.7 Å². The van der Waals surface area contributed by atoms with E-state index in [9.17, 15) is 0 Å². The number of hydrogen-bond donors (Lipinski definition) is 1. The largest absolute Gasteiger partial charge is 0.395 e. The van der Waals surface area contributed by atoms with Crippen molar-refractivity contribution in [3.05, 3.63) is 0 Å². The highest BCUT2D eigenvalue weighted by molar-refractivity contribution is 4.64. The summed E-state index contributed by atoms with van der Waals surface area (Å²) >= 11 is 0. The summed E-state index contributed by atoms with van der Waals surface area (Å²) in [7, 11) is 0. The first kappa shape index (κ1) is 10.9. The Kier molecular flexibility index (Phi) is 6.57. The summed E-state index contributed by atoms with van der Waals surface area (Å²) in [4.78, 5) is 2.33. The second-order valence-corrected chi connectivity index (χ2v) is 3.02. The van der Waals surface area contributed by atoms with Gasteiger partial charge in [-0.1, -0.05) is 13.8 Å². The molecule has 1 N–H and O–H groups in total. The van der Waals surface area contributed by atoms with Gasteiger partial charge in [-0.05, 0) is 26.3 Å². The SMILES string of the molecule is CCCN(CCO)C(C)CC. The van der Waals surface area contributed by atoms with Gasteiger partial charge in [0.25, 0.3) is 0 Å². The molecule has 0 fully saturated rings. The van der Waals surface area contributed by atoms with Crippen LogP contribution in [-0.4, -0.2) is 35.7 Å². The van der Waals surface area contributed by atoms with Crippen molar-refractivity contribution in [1.82, 2.24) is 4.90 Å². The van der Waals surface area contributed by atoms with E-state index in [1.54, 1.807) is 0 Å². The molecular formula is C9H21NO. The topological polar surface area (TPSA) is 23.5 Å². The Morgan fingerprint density at radius 3 is 2.27 bits per heavy atom. The Balaban J connectivity index is 3.66. The van der Waals surface area contributed by atoms with Crippen LogP contribution in [0, 0.1) is 0 Å². The highest BCUT2D eigenvalue weighted by Crippen LogP contribution is 2.02. The van der Waals surface area contributed by atoms with Crippen LogP contribution in [0.25, 0.3) is 0 Å². The highest BCUT2D eigenvalue weighted by atomic mass is 16.3. The minimum atomic E-state index is 0.282. The van der Waals surface area contributed by atoms with Gasteiger partial charge < -0.3 is 5.11 Å². The van der Waals surface area contributed by atoms with Gasteiger partial charge >= 0.3 is 0 Å². The van der Waals surface area contributed by atoms with E-state index < -0.39 is 0 Å². The van der Waals surface area contributed by atoms with Gasteiger partial charge in [0.15, 0.2) is 0 Å². The van der Waals surface area contributed by atoms with E-state index in [-0.39, 0.29) is 6.61 Å². The fourth-order valence-electron chi connectivity index (χ4n) is 1.23. The van der Waals surface area contributed by atoms with Crippen molar-refractivity contribution < 1.29 is 5.11 Å². The van der Waals surface area contributed by atoms with E-state index in [1.165, 1.54) is 12.8 Å².